The van der Waals surface area contributed by atoms with Crippen molar-refractivity contribution >= 4 is 11.6 Å². The number of nitrogens with zero attached hydrogens (tertiary/aromatic N) is 2. The van der Waals surface area contributed by atoms with Gasteiger partial charge in [-0.05, 0) is 12.5 Å². The molecule has 0 saturated heterocycles. The molecule has 1 rings (SSSR count). The van der Waals surface area contributed by atoms with Crippen molar-refractivity contribution in [2.75, 3.05) is 13.6 Å². The van der Waals surface area contributed by atoms with Gasteiger partial charge in [-0.15, -0.1) is 18.1 Å². The van der Waals surface area contributed by atoms with E-state index in [9.17, 15) is 13.2 Å². The molecule has 0 fully saturated rings. The summed E-state index contributed by atoms with van der Waals surface area (Å²) in [6.45, 7) is 0.656. The van der Waals surface area contributed by atoms with Crippen LogP contribution in [-0.4, -0.2) is 23.8 Å². The summed E-state index contributed by atoms with van der Waals surface area (Å²) in [6, 6.07) is 0.945. The van der Waals surface area contributed by atoms with E-state index in [0.29, 0.717) is 18.7 Å². The van der Waals surface area contributed by atoms with E-state index in [0.717, 1.165) is 12.5 Å². The Kier molecular flexibility index (Phi) is 4.61. The second kappa shape index (κ2) is 5.54. The number of aromatic amines is 1. The molecule has 0 bridgehead atoms. The molecule has 16 heavy (non-hydrogen) atoms. The summed E-state index contributed by atoms with van der Waals surface area (Å²) >= 11 is 5.93. The monoisotopic (exact) mass is 254 g/mol. The van der Waals surface area contributed by atoms with Crippen LogP contribution in [-0.2, 0) is 6.18 Å². The van der Waals surface area contributed by atoms with E-state index in [4.69, 9.17) is 11.6 Å². The zero-order valence-electron chi connectivity index (χ0n) is 8.68. The average molecular weight is 255 g/mol. The SMILES string of the molecule is C[N-]CCCC(Cl)c1cc(C(F)(F)F)n[nH]1. The molecular weight excluding hydrogens is 243 g/mol. The van der Waals surface area contributed by atoms with Crippen LogP contribution in [0.4, 0.5) is 13.2 Å². The molecule has 0 aliphatic heterocycles. The highest BCUT2D eigenvalue weighted by Crippen LogP contribution is 2.31. The maximum atomic E-state index is 12.2. The fourth-order valence-corrected chi connectivity index (χ4v) is 1.49. The normalized spacial score (nSPS) is 14.1. The molecule has 1 aromatic rings. The van der Waals surface area contributed by atoms with Crippen molar-refractivity contribution in [2.45, 2.75) is 24.4 Å². The summed E-state index contributed by atoms with van der Waals surface area (Å²) in [6.07, 6.45) is -3.12. The molecule has 1 unspecified atom stereocenters. The topological polar surface area (TPSA) is 42.8 Å². The number of hydrogen-bond acceptors (Lipinski definition) is 1. The molecule has 0 radical (unpaired) electrons. The standard InChI is InChI=1S/C9H12ClF3N3/c1-14-4-2-3-6(10)7-5-8(16-15-7)9(11,12)13/h5-6H,2-4H2,1H3,(H,15,16)/q-1. The second-order valence-corrected chi connectivity index (χ2v) is 3.88. The maximum absolute atomic E-state index is 12.2. The summed E-state index contributed by atoms with van der Waals surface area (Å²) < 4.78 is 36.7. The minimum atomic E-state index is -4.43. The number of rotatable bonds is 5. The smallest absolute Gasteiger partial charge is 0.435 e. The van der Waals surface area contributed by atoms with Crippen molar-refractivity contribution in [2.24, 2.45) is 0 Å². The van der Waals surface area contributed by atoms with E-state index in [1.165, 1.54) is 0 Å². The maximum Gasteiger partial charge on any atom is 0.435 e. The van der Waals surface area contributed by atoms with Crippen LogP contribution >= 0.6 is 11.6 Å². The summed E-state index contributed by atoms with van der Waals surface area (Å²) in [4.78, 5) is 0. The molecular formula is C9H12ClF3N3-. The number of alkyl halides is 4. The first-order valence-corrected chi connectivity index (χ1v) is 5.21. The van der Waals surface area contributed by atoms with Crippen molar-refractivity contribution in [1.82, 2.24) is 10.2 Å². The van der Waals surface area contributed by atoms with E-state index in [1.54, 1.807) is 7.05 Å². The minimum absolute atomic E-state index is 0.296. The molecule has 0 amide bonds. The van der Waals surface area contributed by atoms with Gasteiger partial charge in [0.2, 0.25) is 0 Å². The van der Waals surface area contributed by atoms with Crippen LogP contribution in [0.5, 0.6) is 0 Å². The first kappa shape index (κ1) is 13.3. The number of H-pyrrole nitrogens is 1. The summed E-state index contributed by atoms with van der Waals surface area (Å²) in [5, 5.41) is 8.89. The molecule has 92 valence electrons. The number of nitrogens with one attached hydrogen (secondary N) is 1. The number of hydrogen-bond donors (Lipinski definition) is 1. The zero-order chi connectivity index (χ0) is 12.2. The fraction of sp³-hybridized carbons (Fsp3) is 0.667. The van der Waals surface area contributed by atoms with Gasteiger partial charge < -0.3 is 5.32 Å². The fourth-order valence-electron chi connectivity index (χ4n) is 1.23. The Morgan fingerprint density at radius 1 is 1.56 bits per heavy atom. The molecule has 1 aromatic heterocycles. The minimum Gasteiger partial charge on any atom is -0.665 e. The molecule has 1 heterocycles. The van der Waals surface area contributed by atoms with Crippen molar-refractivity contribution in [3.05, 3.63) is 22.8 Å². The summed E-state index contributed by atoms with van der Waals surface area (Å²) in [5.74, 6) is 0. The zero-order valence-corrected chi connectivity index (χ0v) is 9.44. The third-order valence-corrected chi connectivity index (χ3v) is 2.52. The first-order chi connectivity index (χ1) is 7.45. The quantitative estimate of drug-likeness (QED) is 0.634. The molecule has 7 heteroatoms. The summed E-state index contributed by atoms with van der Waals surface area (Å²) in [7, 11) is 1.68. The van der Waals surface area contributed by atoms with Crippen LogP contribution < -0.4 is 0 Å². The molecule has 1 N–H and O–H groups in total. The Morgan fingerprint density at radius 3 is 2.75 bits per heavy atom. The summed E-state index contributed by atoms with van der Waals surface area (Å²) in [5.41, 5.74) is -0.640. The highest BCUT2D eigenvalue weighted by molar-refractivity contribution is 6.20. The van der Waals surface area contributed by atoms with Gasteiger partial charge >= 0.3 is 6.18 Å². The van der Waals surface area contributed by atoms with Crippen molar-refractivity contribution in [3.8, 4) is 0 Å². The van der Waals surface area contributed by atoms with Gasteiger partial charge in [-0.25, -0.2) is 0 Å². The lowest BCUT2D eigenvalue weighted by Crippen LogP contribution is -2.04. The van der Waals surface area contributed by atoms with Crippen LogP contribution in [0.2, 0.25) is 0 Å². The molecule has 0 aliphatic carbocycles. The van der Waals surface area contributed by atoms with E-state index < -0.39 is 17.2 Å². The lowest BCUT2D eigenvalue weighted by Gasteiger charge is -2.12. The highest BCUT2D eigenvalue weighted by atomic mass is 35.5. The predicted octanol–water partition coefficient (Wildman–Crippen LogP) is 3.49. The third kappa shape index (κ3) is 3.68. The van der Waals surface area contributed by atoms with E-state index in [1.807, 2.05) is 0 Å². The van der Waals surface area contributed by atoms with E-state index >= 15 is 0 Å². The molecule has 0 spiro atoms. The first-order valence-electron chi connectivity index (χ1n) is 4.77. The Labute approximate surface area is 96.4 Å². The Hall–Kier alpha value is -0.750. The van der Waals surface area contributed by atoms with E-state index in [2.05, 4.69) is 15.5 Å². The van der Waals surface area contributed by atoms with Crippen LogP contribution in [0.1, 0.15) is 29.6 Å². The van der Waals surface area contributed by atoms with Crippen molar-refractivity contribution in [3.63, 3.8) is 0 Å². The van der Waals surface area contributed by atoms with Gasteiger partial charge in [-0.3, -0.25) is 5.10 Å². The second-order valence-electron chi connectivity index (χ2n) is 3.36. The third-order valence-electron chi connectivity index (χ3n) is 2.06. The lowest BCUT2D eigenvalue weighted by atomic mass is 10.2. The van der Waals surface area contributed by atoms with Crippen LogP contribution in [0.15, 0.2) is 6.07 Å². The number of aromatic nitrogens is 2. The molecule has 3 nitrogen and oxygen atoms in total. The molecule has 1 atom stereocenters. The largest absolute Gasteiger partial charge is 0.665 e. The Morgan fingerprint density at radius 2 is 2.25 bits per heavy atom. The Balaban J connectivity index is 2.56. The molecule has 0 aromatic carbocycles. The number of halogens is 4. The van der Waals surface area contributed by atoms with Crippen molar-refractivity contribution < 1.29 is 13.2 Å². The van der Waals surface area contributed by atoms with Gasteiger partial charge in [0.05, 0.1) is 11.1 Å². The van der Waals surface area contributed by atoms with E-state index in [-0.39, 0.29) is 0 Å². The average Bonchev–Trinajstić information content (AvgIpc) is 2.66. The van der Waals surface area contributed by atoms with Crippen molar-refractivity contribution in [1.29, 1.82) is 0 Å². The van der Waals surface area contributed by atoms with Crippen LogP contribution in [0, 0.1) is 0 Å². The van der Waals surface area contributed by atoms with Gasteiger partial charge in [0.15, 0.2) is 5.69 Å². The van der Waals surface area contributed by atoms with Gasteiger partial charge in [-0.1, -0.05) is 6.42 Å². The highest BCUT2D eigenvalue weighted by Gasteiger charge is 2.34. The van der Waals surface area contributed by atoms with Crippen LogP contribution in [0.25, 0.3) is 5.32 Å². The Bertz CT molecular complexity index is 324. The molecule has 0 saturated carbocycles. The van der Waals surface area contributed by atoms with Crippen LogP contribution in [0.3, 0.4) is 0 Å². The van der Waals surface area contributed by atoms with Gasteiger partial charge in [0.25, 0.3) is 0 Å². The predicted molar refractivity (Wildman–Crippen MR) is 55.6 cm³/mol. The van der Waals surface area contributed by atoms with Gasteiger partial charge in [0.1, 0.15) is 0 Å². The lowest BCUT2D eigenvalue weighted by molar-refractivity contribution is -0.141. The molecule has 0 aliphatic rings. The van der Waals surface area contributed by atoms with Gasteiger partial charge in [-0.2, -0.15) is 25.3 Å². The van der Waals surface area contributed by atoms with Gasteiger partial charge in [0, 0.05) is 0 Å².